The zero-order valence-corrected chi connectivity index (χ0v) is 13.5. The van der Waals surface area contributed by atoms with E-state index in [1.54, 1.807) is 6.07 Å². The van der Waals surface area contributed by atoms with E-state index in [2.05, 4.69) is 10.3 Å². The summed E-state index contributed by atoms with van der Waals surface area (Å²) >= 11 is 0. The predicted octanol–water partition coefficient (Wildman–Crippen LogP) is 2.58. The van der Waals surface area contributed by atoms with E-state index in [4.69, 9.17) is 10.5 Å². The molecule has 3 rings (SSSR count). The molecule has 1 atom stereocenters. The highest BCUT2D eigenvalue weighted by Gasteiger charge is 2.25. The Morgan fingerprint density at radius 1 is 1.45 bits per heavy atom. The summed E-state index contributed by atoms with van der Waals surface area (Å²) in [4.78, 5) is 4.34. The van der Waals surface area contributed by atoms with Gasteiger partial charge in [-0.15, -0.1) is 24.0 Å². The number of nitrogens with two attached hydrogens (primary N) is 1. The Hall–Kier alpha value is -1.05. The van der Waals surface area contributed by atoms with Crippen LogP contribution in [0.3, 0.4) is 0 Å². The maximum Gasteiger partial charge on any atom is 0.189 e. The minimum atomic E-state index is -0.263. The monoisotopic (exact) mass is 391 g/mol. The molecule has 2 aliphatic rings. The molecule has 1 fully saturated rings. The molecule has 0 saturated heterocycles. The number of aliphatic imine (C=N–C) groups is 1. The number of fused-ring (bicyclic) bond motifs is 1. The summed E-state index contributed by atoms with van der Waals surface area (Å²) in [5.74, 6) is 1.55. The lowest BCUT2D eigenvalue weighted by Crippen LogP contribution is -2.36. The van der Waals surface area contributed by atoms with Crippen LogP contribution in [-0.4, -0.2) is 19.1 Å². The molecule has 0 aromatic heterocycles. The molecular formula is C14H19FIN3O. The van der Waals surface area contributed by atoms with Crippen LogP contribution in [0.2, 0.25) is 0 Å². The standard InChI is InChI=1S/C14H18FN3O.HI/c15-10-4-5-13-11(6-10)12(8-19-13)18-14(16)17-7-9-2-1-3-9;/h4-6,9,12H,1-3,7-8H2,(H3,16,17,18);1H. The number of guanidine groups is 1. The van der Waals surface area contributed by atoms with Gasteiger partial charge in [-0.2, -0.15) is 0 Å². The summed E-state index contributed by atoms with van der Waals surface area (Å²) in [6, 6.07) is 4.42. The zero-order chi connectivity index (χ0) is 13.2. The number of ether oxygens (including phenoxy) is 1. The fourth-order valence-corrected chi connectivity index (χ4v) is 2.43. The average Bonchev–Trinajstić information content (AvgIpc) is 2.70. The van der Waals surface area contributed by atoms with Crippen molar-refractivity contribution in [3.63, 3.8) is 0 Å². The Balaban J connectivity index is 0.00000147. The quantitative estimate of drug-likeness (QED) is 0.473. The van der Waals surface area contributed by atoms with Gasteiger partial charge in [-0.1, -0.05) is 6.42 Å². The molecule has 20 heavy (non-hydrogen) atoms. The number of rotatable bonds is 3. The van der Waals surface area contributed by atoms with Crippen molar-refractivity contribution in [1.82, 2.24) is 5.32 Å². The lowest BCUT2D eigenvalue weighted by atomic mass is 9.86. The molecule has 110 valence electrons. The van der Waals surface area contributed by atoms with Crippen molar-refractivity contribution in [3.05, 3.63) is 29.6 Å². The lowest BCUT2D eigenvalue weighted by Gasteiger charge is -2.23. The van der Waals surface area contributed by atoms with Gasteiger partial charge in [0.25, 0.3) is 0 Å². The Kier molecular flexibility index (Phi) is 5.06. The van der Waals surface area contributed by atoms with Crippen molar-refractivity contribution in [1.29, 1.82) is 0 Å². The van der Waals surface area contributed by atoms with Gasteiger partial charge >= 0.3 is 0 Å². The molecule has 1 saturated carbocycles. The van der Waals surface area contributed by atoms with Crippen LogP contribution in [0.25, 0.3) is 0 Å². The third-order valence-corrected chi connectivity index (χ3v) is 3.82. The molecule has 0 spiro atoms. The van der Waals surface area contributed by atoms with E-state index >= 15 is 0 Å². The van der Waals surface area contributed by atoms with E-state index in [9.17, 15) is 4.39 Å². The molecule has 1 aliphatic carbocycles. The van der Waals surface area contributed by atoms with Gasteiger partial charge in [0.2, 0.25) is 0 Å². The fourth-order valence-electron chi connectivity index (χ4n) is 2.43. The first-order chi connectivity index (χ1) is 9.22. The van der Waals surface area contributed by atoms with Crippen molar-refractivity contribution >= 4 is 29.9 Å². The molecule has 0 radical (unpaired) electrons. The van der Waals surface area contributed by atoms with Crippen LogP contribution in [0, 0.1) is 11.7 Å². The highest BCUT2D eigenvalue weighted by atomic mass is 127. The Morgan fingerprint density at radius 2 is 2.25 bits per heavy atom. The molecule has 4 nitrogen and oxygen atoms in total. The molecular weight excluding hydrogens is 372 g/mol. The van der Waals surface area contributed by atoms with Gasteiger partial charge in [0.15, 0.2) is 5.96 Å². The second-order valence-corrected chi connectivity index (χ2v) is 5.21. The molecule has 0 bridgehead atoms. The van der Waals surface area contributed by atoms with Crippen LogP contribution in [0.4, 0.5) is 4.39 Å². The largest absolute Gasteiger partial charge is 0.491 e. The molecule has 3 N–H and O–H groups in total. The fraction of sp³-hybridized carbons (Fsp3) is 0.500. The number of benzene rings is 1. The summed E-state index contributed by atoms with van der Waals surface area (Å²) in [7, 11) is 0. The molecule has 1 aliphatic heterocycles. The van der Waals surface area contributed by atoms with E-state index < -0.39 is 0 Å². The van der Waals surface area contributed by atoms with Gasteiger partial charge in [0, 0.05) is 12.1 Å². The third kappa shape index (κ3) is 3.34. The van der Waals surface area contributed by atoms with E-state index in [0.29, 0.717) is 24.2 Å². The number of hydrogen-bond donors (Lipinski definition) is 2. The van der Waals surface area contributed by atoms with E-state index in [1.165, 1.54) is 31.4 Å². The van der Waals surface area contributed by atoms with Crippen LogP contribution < -0.4 is 15.8 Å². The maximum absolute atomic E-state index is 13.2. The van der Waals surface area contributed by atoms with Crippen LogP contribution in [-0.2, 0) is 0 Å². The third-order valence-electron chi connectivity index (χ3n) is 3.82. The smallest absolute Gasteiger partial charge is 0.189 e. The first-order valence-corrected chi connectivity index (χ1v) is 6.71. The lowest BCUT2D eigenvalue weighted by molar-refractivity contribution is 0.320. The van der Waals surface area contributed by atoms with Crippen molar-refractivity contribution in [2.75, 3.05) is 13.2 Å². The minimum Gasteiger partial charge on any atom is -0.491 e. The highest BCUT2D eigenvalue weighted by Crippen LogP contribution is 2.32. The number of hydrogen-bond acceptors (Lipinski definition) is 2. The Bertz CT molecular complexity index is 505. The molecule has 0 amide bonds. The van der Waals surface area contributed by atoms with Crippen molar-refractivity contribution in [2.24, 2.45) is 16.6 Å². The van der Waals surface area contributed by atoms with Gasteiger partial charge in [0.1, 0.15) is 18.2 Å². The first kappa shape index (κ1) is 15.3. The van der Waals surface area contributed by atoms with Gasteiger partial charge in [-0.3, -0.25) is 4.99 Å². The van der Waals surface area contributed by atoms with Crippen molar-refractivity contribution in [2.45, 2.75) is 25.3 Å². The Labute approximate surface area is 135 Å². The SMILES string of the molecule is I.NC(=NCC1CCC1)NC1COc2ccc(F)cc21. The van der Waals surface area contributed by atoms with E-state index in [-0.39, 0.29) is 35.8 Å². The summed E-state index contributed by atoms with van der Waals surface area (Å²) < 4.78 is 18.7. The zero-order valence-electron chi connectivity index (χ0n) is 11.1. The van der Waals surface area contributed by atoms with Crippen molar-refractivity contribution < 1.29 is 9.13 Å². The van der Waals surface area contributed by atoms with Crippen molar-refractivity contribution in [3.8, 4) is 5.75 Å². The number of nitrogens with one attached hydrogen (secondary N) is 1. The molecule has 1 aromatic carbocycles. The second-order valence-electron chi connectivity index (χ2n) is 5.21. The highest BCUT2D eigenvalue weighted by molar-refractivity contribution is 14.0. The second kappa shape index (κ2) is 6.60. The summed E-state index contributed by atoms with van der Waals surface area (Å²) in [5, 5.41) is 3.10. The molecule has 1 heterocycles. The summed E-state index contributed by atoms with van der Waals surface area (Å²) in [5.41, 5.74) is 6.67. The van der Waals surface area contributed by atoms with Gasteiger partial charge in [-0.25, -0.2) is 4.39 Å². The topological polar surface area (TPSA) is 59.6 Å². The number of halogens is 2. The van der Waals surface area contributed by atoms with Crippen LogP contribution in [0.15, 0.2) is 23.2 Å². The summed E-state index contributed by atoms with van der Waals surface area (Å²) in [6.45, 7) is 1.24. The summed E-state index contributed by atoms with van der Waals surface area (Å²) in [6.07, 6.45) is 3.80. The van der Waals surface area contributed by atoms with E-state index in [1.807, 2.05) is 0 Å². The normalized spacial score (nSPS) is 21.4. The van der Waals surface area contributed by atoms with Crippen LogP contribution in [0.1, 0.15) is 30.9 Å². The average molecular weight is 391 g/mol. The van der Waals surface area contributed by atoms with Gasteiger partial charge in [0.05, 0.1) is 6.04 Å². The molecule has 1 unspecified atom stereocenters. The van der Waals surface area contributed by atoms with Crippen LogP contribution >= 0.6 is 24.0 Å². The maximum atomic E-state index is 13.2. The predicted molar refractivity (Wildman–Crippen MR) is 87.0 cm³/mol. The Morgan fingerprint density at radius 3 is 2.95 bits per heavy atom. The van der Waals surface area contributed by atoms with Crippen LogP contribution in [0.5, 0.6) is 5.75 Å². The molecule has 6 heteroatoms. The minimum absolute atomic E-state index is 0. The van der Waals surface area contributed by atoms with Gasteiger partial charge < -0.3 is 15.8 Å². The number of nitrogens with zero attached hydrogens (tertiary/aromatic N) is 1. The molecule has 1 aromatic rings. The van der Waals surface area contributed by atoms with E-state index in [0.717, 1.165) is 12.1 Å². The van der Waals surface area contributed by atoms with Gasteiger partial charge in [-0.05, 0) is 37.0 Å². The first-order valence-electron chi connectivity index (χ1n) is 6.71.